The van der Waals surface area contributed by atoms with Gasteiger partial charge in [0.05, 0.1) is 6.10 Å². The molecule has 1 N–H and O–H groups in total. The number of rotatable bonds is 4. The number of carbonyl (C=O) groups excluding carboxylic acids is 1. The van der Waals surface area contributed by atoms with Crippen molar-refractivity contribution in [2.24, 2.45) is 5.41 Å². The average Bonchev–Trinajstić information content (AvgIpc) is 2.36. The quantitative estimate of drug-likeness (QED) is 0.855. The minimum atomic E-state index is 0.221. The number of amides is 1. The fourth-order valence-corrected chi connectivity index (χ4v) is 4.32. The summed E-state index contributed by atoms with van der Waals surface area (Å²) in [6, 6.07) is 1.25. The van der Waals surface area contributed by atoms with Crippen LogP contribution in [-0.4, -0.2) is 48.7 Å². The lowest BCUT2D eigenvalue weighted by Gasteiger charge is -2.62. The summed E-state index contributed by atoms with van der Waals surface area (Å²) in [6.07, 6.45) is 7.92. The van der Waals surface area contributed by atoms with Crippen molar-refractivity contribution >= 4 is 5.91 Å². The van der Waals surface area contributed by atoms with Gasteiger partial charge in [-0.1, -0.05) is 6.42 Å². The maximum atomic E-state index is 11.4. The first-order chi connectivity index (χ1) is 9.65. The van der Waals surface area contributed by atoms with E-state index in [1.54, 1.807) is 6.92 Å². The van der Waals surface area contributed by atoms with E-state index < -0.39 is 0 Å². The number of likely N-dealkylation sites (tertiary alicyclic amines) is 1. The van der Waals surface area contributed by atoms with Crippen molar-refractivity contribution < 1.29 is 9.53 Å². The molecule has 4 nitrogen and oxygen atoms in total. The molecule has 1 heterocycles. The smallest absolute Gasteiger partial charge is 0.219 e. The summed E-state index contributed by atoms with van der Waals surface area (Å²) in [6.45, 7) is 6.46. The summed E-state index contributed by atoms with van der Waals surface area (Å²) in [4.78, 5) is 13.3. The number of hydrogen-bond donors (Lipinski definition) is 1. The molecule has 1 saturated heterocycles. The molecule has 0 aromatic rings. The van der Waals surface area contributed by atoms with Crippen LogP contribution in [-0.2, 0) is 9.53 Å². The molecule has 0 aromatic carbocycles. The Morgan fingerprint density at radius 1 is 1.35 bits per heavy atom. The molecule has 3 rings (SSSR count). The van der Waals surface area contributed by atoms with Crippen molar-refractivity contribution in [2.75, 3.05) is 19.7 Å². The Hall–Kier alpha value is -0.610. The van der Waals surface area contributed by atoms with Crippen LogP contribution in [0.3, 0.4) is 0 Å². The third-order valence-corrected chi connectivity index (χ3v) is 5.81. The number of ether oxygens (including phenoxy) is 1. The second kappa shape index (κ2) is 5.64. The minimum Gasteiger partial charge on any atom is -0.378 e. The molecule has 3 fully saturated rings. The van der Waals surface area contributed by atoms with Gasteiger partial charge in [0.1, 0.15) is 0 Å². The highest BCUT2D eigenvalue weighted by atomic mass is 16.5. The summed E-state index contributed by atoms with van der Waals surface area (Å²) in [5.41, 5.74) is 0.452. The third kappa shape index (κ3) is 2.37. The lowest BCUT2D eigenvalue weighted by molar-refractivity contribution is -0.175. The van der Waals surface area contributed by atoms with Crippen molar-refractivity contribution in [3.63, 3.8) is 0 Å². The van der Waals surface area contributed by atoms with Crippen LogP contribution >= 0.6 is 0 Å². The Labute approximate surface area is 122 Å². The van der Waals surface area contributed by atoms with Gasteiger partial charge in [0.25, 0.3) is 0 Å². The first-order valence-electron chi connectivity index (χ1n) is 8.29. The predicted octanol–water partition coefficient (Wildman–Crippen LogP) is 1.93. The molecule has 0 bridgehead atoms. The fourth-order valence-electron chi connectivity index (χ4n) is 4.32. The van der Waals surface area contributed by atoms with Gasteiger partial charge in [0.15, 0.2) is 0 Å². The van der Waals surface area contributed by atoms with E-state index in [2.05, 4.69) is 12.2 Å². The zero-order chi connectivity index (χ0) is 14.2. The Morgan fingerprint density at radius 3 is 2.55 bits per heavy atom. The highest BCUT2D eigenvalue weighted by molar-refractivity contribution is 5.73. The Balaban J connectivity index is 1.49. The fraction of sp³-hybridized carbons (Fsp3) is 0.938. The highest BCUT2D eigenvalue weighted by Gasteiger charge is 2.59. The van der Waals surface area contributed by atoms with Gasteiger partial charge in [-0.05, 0) is 39.0 Å². The monoisotopic (exact) mass is 280 g/mol. The summed E-state index contributed by atoms with van der Waals surface area (Å²) in [5, 5.41) is 3.88. The van der Waals surface area contributed by atoms with Gasteiger partial charge in [-0.25, -0.2) is 0 Å². The number of hydrogen-bond acceptors (Lipinski definition) is 3. The zero-order valence-electron chi connectivity index (χ0n) is 12.9. The molecule has 1 spiro atoms. The van der Waals surface area contributed by atoms with Crippen LogP contribution in [0.25, 0.3) is 0 Å². The second-order valence-electron chi connectivity index (χ2n) is 6.77. The Morgan fingerprint density at radius 2 is 2.05 bits per heavy atom. The van der Waals surface area contributed by atoms with Crippen molar-refractivity contribution in [3.05, 3.63) is 0 Å². The van der Waals surface area contributed by atoms with Gasteiger partial charge in [0, 0.05) is 44.1 Å². The van der Waals surface area contributed by atoms with E-state index in [0.717, 1.165) is 32.5 Å². The van der Waals surface area contributed by atoms with Crippen LogP contribution in [0, 0.1) is 5.41 Å². The van der Waals surface area contributed by atoms with E-state index in [1.165, 1.54) is 25.7 Å². The predicted molar refractivity (Wildman–Crippen MR) is 78.5 cm³/mol. The first-order valence-corrected chi connectivity index (χ1v) is 8.29. The van der Waals surface area contributed by atoms with Crippen molar-refractivity contribution in [2.45, 2.75) is 70.6 Å². The van der Waals surface area contributed by atoms with Gasteiger partial charge >= 0.3 is 0 Å². The Kier molecular flexibility index (Phi) is 4.04. The molecule has 2 atom stereocenters. The van der Waals surface area contributed by atoms with E-state index in [1.807, 2.05) is 4.90 Å². The summed E-state index contributed by atoms with van der Waals surface area (Å²) in [7, 11) is 0. The largest absolute Gasteiger partial charge is 0.378 e. The molecule has 3 aliphatic rings. The van der Waals surface area contributed by atoms with Crippen molar-refractivity contribution in [1.82, 2.24) is 10.2 Å². The lowest BCUT2D eigenvalue weighted by atomic mass is 9.51. The van der Waals surface area contributed by atoms with Gasteiger partial charge < -0.3 is 15.0 Å². The zero-order valence-corrected chi connectivity index (χ0v) is 12.9. The van der Waals surface area contributed by atoms with E-state index in [0.29, 0.717) is 23.6 Å². The van der Waals surface area contributed by atoms with Crippen LogP contribution in [0.5, 0.6) is 0 Å². The van der Waals surface area contributed by atoms with Gasteiger partial charge in [-0.3, -0.25) is 4.79 Å². The second-order valence-corrected chi connectivity index (χ2v) is 6.77. The van der Waals surface area contributed by atoms with Crippen molar-refractivity contribution in [1.29, 1.82) is 0 Å². The molecule has 0 radical (unpaired) electrons. The number of piperidine rings is 1. The highest BCUT2D eigenvalue weighted by Crippen LogP contribution is 2.57. The molecule has 4 heteroatoms. The third-order valence-electron chi connectivity index (χ3n) is 5.81. The van der Waals surface area contributed by atoms with Crippen LogP contribution in [0.15, 0.2) is 0 Å². The number of nitrogens with zero attached hydrogens (tertiary/aromatic N) is 1. The van der Waals surface area contributed by atoms with E-state index >= 15 is 0 Å². The van der Waals surface area contributed by atoms with Crippen LogP contribution in [0.4, 0.5) is 0 Å². The standard InChI is InChI=1S/C16H28N2O2/c1-3-20-15-11-14(16(15)7-4-8-16)17-13-5-9-18(10-6-13)12(2)19/h13-15,17H,3-11H2,1-2H3. The molecule has 0 aromatic heterocycles. The summed E-state index contributed by atoms with van der Waals surface area (Å²) >= 11 is 0. The molecular formula is C16H28N2O2. The van der Waals surface area contributed by atoms with Crippen LogP contribution in [0.2, 0.25) is 0 Å². The first kappa shape index (κ1) is 14.3. The SMILES string of the molecule is CCOC1CC(NC2CCN(C(C)=O)CC2)C12CCC2. The molecule has 1 aliphatic heterocycles. The molecule has 2 unspecified atom stereocenters. The molecule has 114 valence electrons. The van der Waals surface area contributed by atoms with E-state index in [9.17, 15) is 4.79 Å². The molecular weight excluding hydrogens is 252 g/mol. The summed E-state index contributed by atoms with van der Waals surface area (Å²) in [5.74, 6) is 0.221. The molecule has 20 heavy (non-hydrogen) atoms. The van der Waals surface area contributed by atoms with E-state index in [-0.39, 0.29) is 5.91 Å². The van der Waals surface area contributed by atoms with E-state index in [4.69, 9.17) is 4.74 Å². The molecule has 1 amide bonds. The lowest BCUT2D eigenvalue weighted by Crippen LogP contribution is -2.68. The number of carbonyl (C=O) groups is 1. The maximum absolute atomic E-state index is 11.4. The minimum absolute atomic E-state index is 0.221. The maximum Gasteiger partial charge on any atom is 0.219 e. The summed E-state index contributed by atoms with van der Waals surface area (Å²) < 4.78 is 5.91. The Bertz CT molecular complexity index is 359. The van der Waals surface area contributed by atoms with Gasteiger partial charge in [-0.15, -0.1) is 0 Å². The average molecular weight is 280 g/mol. The molecule has 2 saturated carbocycles. The molecule has 2 aliphatic carbocycles. The van der Waals surface area contributed by atoms with Gasteiger partial charge in [0.2, 0.25) is 5.91 Å². The number of nitrogens with one attached hydrogen (secondary N) is 1. The van der Waals surface area contributed by atoms with Gasteiger partial charge in [-0.2, -0.15) is 0 Å². The normalized spacial score (nSPS) is 32.8. The van der Waals surface area contributed by atoms with Crippen LogP contribution < -0.4 is 5.32 Å². The van der Waals surface area contributed by atoms with Crippen LogP contribution in [0.1, 0.15) is 52.4 Å². The topological polar surface area (TPSA) is 41.6 Å². The van der Waals surface area contributed by atoms with Crippen molar-refractivity contribution in [3.8, 4) is 0 Å².